The van der Waals surface area contributed by atoms with Crippen molar-refractivity contribution in [1.29, 1.82) is 0 Å². The minimum Gasteiger partial charge on any atom is -0.497 e. The summed E-state index contributed by atoms with van der Waals surface area (Å²) in [6.45, 7) is 0. The van der Waals surface area contributed by atoms with E-state index < -0.39 is 0 Å². The number of nitrogens with one attached hydrogen (secondary N) is 1. The van der Waals surface area contributed by atoms with Crippen LogP contribution >= 0.6 is 11.6 Å². The lowest BCUT2D eigenvalue weighted by Gasteiger charge is -2.16. The number of halogens is 1. The molecular formula is C15H18ClN3O. The Kier molecular flexibility index (Phi) is 5.35. The van der Waals surface area contributed by atoms with Gasteiger partial charge >= 0.3 is 0 Å². The van der Waals surface area contributed by atoms with Crippen LogP contribution in [0.15, 0.2) is 42.6 Å². The molecule has 1 heterocycles. The van der Waals surface area contributed by atoms with Gasteiger partial charge in [0.25, 0.3) is 0 Å². The molecule has 2 aromatic rings. The van der Waals surface area contributed by atoms with Crippen LogP contribution in [0.1, 0.15) is 23.6 Å². The van der Waals surface area contributed by atoms with Gasteiger partial charge in [-0.2, -0.15) is 0 Å². The average Bonchev–Trinajstić information content (AvgIpc) is 2.48. The molecule has 0 saturated carbocycles. The number of rotatable bonds is 6. The minimum absolute atomic E-state index is 0.0533. The molecule has 0 spiro atoms. The van der Waals surface area contributed by atoms with Gasteiger partial charge < -0.3 is 4.74 Å². The first kappa shape index (κ1) is 14.8. The predicted octanol–water partition coefficient (Wildman–Crippen LogP) is 2.88. The van der Waals surface area contributed by atoms with Crippen molar-refractivity contribution in [3.8, 4) is 5.75 Å². The third kappa shape index (κ3) is 3.93. The lowest BCUT2D eigenvalue weighted by Crippen LogP contribution is -2.28. The van der Waals surface area contributed by atoms with Crippen molar-refractivity contribution < 1.29 is 4.74 Å². The standard InChI is InChI=1S/C15H18ClN3O/c1-20-13-5-2-11(3-6-13)4-7-14(19-17)12-8-9-18-15(16)10-12/h2-3,5-6,8-10,14,19H,4,7,17H2,1H3. The minimum atomic E-state index is 0.0533. The highest BCUT2D eigenvalue weighted by Gasteiger charge is 2.10. The van der Waals surface area contributed by atoms with Crippen molar-refractivity contribution in [2.75, 3.05) is 7.11 Å². The van der Waals surface area contributed by atoms with Gasteiger partial charge in [0.15, 0.2) is 0 Å². The van der Waals surface area contributed by atoms with E-state index in [4.69, 9.17) is 22.2 Å². The van der Waals surface area contributed by atoms with E-state index in [1.807, 2.05) is 24.3 Å². The van der Waals surface area contributed by atoms with Gasteiger partial charge in [-0.25, -0.2) is 4.98 Å². The summed E-state index contributed by atoms with van der Waals surface area (Å²) in [5, 5.41) is 0.479. The fourth-order valence-corrected chi connectivity index (χ4v) is 2.27. The first-order valence-electron chi connectivity index (χ1n) is 6.43. The molecule has 5 heteroatoms. The smallest absolute Gasteiger partial charge is 0.129 e. The predicted molar refractivity (Wildman–Crippen MR) is 80.6 cm³/mol. The number of hydrogen-bond acceptors (Lipinski definition) is 4. The molecule has 0 aliphatic rings. The van der Waals surface area contributed by atoms with E-state index in [0.717, 1.165) is 24.2 Å². The van der Waals surface area contributed by atoms with Crippen LogP contribution in [0.2, 0.25) is 5.15 Å². The summed E-state index contributed by atoms with van der Waals surface area (Å²) >= 11 is 5.90. The SMILES string of the molecule is COc1ccc(CCC(NN)c2ccnc(Cl)c2)cc1. The molecule has 0 aliphatic heterocycles. The zero-order valence-electron chi connectivity index (χ0n) is 11.3. The van der Waals surface area contributed by atoms with E-state index in [0.29, 0.717) is 5.15 Å². The lowest BCUT2D eigenvalue weighted by atomic mass is 10.0. The summed E-state index contributed by atoms with van der Waals surface area (Å²) in [5.74, 6) is 6.50. The maximum Gasteiger partial charge on any atom is 0.129 e. The van der Waals surface area contributed by atoms with Gasteiger partial charge in [-0.1, -0.05) is 23.7 Å². The number of pyridine rings is 1. The second-order valence-electron chi connectivity index (χ2n) is 4.52. The second kappa shape index (κ2) is 7.24. The summed E-state index contributed by atoms with van der Waals surface area (Å²) in [5.41, 5.74) is 5.11. The molecule has 2 rings (SSSR count). The van der Waals surface area contributed by atoms with Crippen molar-refractivity contribution >= 4 is 11.6 Å². The number of aromatic nitrogens is 1. The van der Waals surface area contributed by atoms with Crippen LogP contribution in [0.4, 0.5) is 0 Å². The zero-order chi connectivity index (χ0) is 14.4. The molecule has 4 nitrogen and oxygen atoms in total. The van der Waals surface area contributed by atoms with Crippen molar-refractivity contribution in [2.24, 2.45) is 5.84 Å². The Morgan fingerprint density at radius 3 is 2.65 bits per heavy atom. The number of hydrazine groups is 1. The highest BCUT2D eigenvalue weighted by molar-refractivity contribution is 6.29. The maximum absolute atomic E-state index is 5.90. The van der Waals surface area contributed by atoms with E-state index in [1.54, 1.807) is 13.3 Å². The van der Waals surface area contributed by atoms with Crippen molar-refractivity contribution in [1.82, 2.24) is 10.4 Å². The number of methoxy groups -OCH3 is 1. The normalized spacial score (nSPS) is 12.2. The Morgan fingerprint density at radius 2 is 2.05 bits per heavy atom. The first-order chi connectivity index (χ1) is 9.72. The average molecular weight is 292 g/mol. The molecule has 0 amide bonds. The van der Waals surface area contributed by atoms with Crippen molar-refractivity contribution in [3.05, 3.63) is 58.9 Å². The molecule has 0 bridgehead atoms. The summed E-state index contributed by atoms with van der Waals surface area (Å²) in [6, 6.07) is 11.9. The summed E-state index contributed by atoms with van der Waals surface area (Å²) in [7, 11) is 1.66. The van der Waals surface area contributed by atoms with Gasteiger partial charge in [-0.15, -0.1) is 0 Å². The molecule has 0 aliphatic carbocycles. The molecule has 3 N–H and O–H groups in total. The monoisotopic (exact) mass is 291 g/mol. The van der Waals surface area contributed by atoms with Gasteiger partial charge in [0.1, 0.15) is 10.9 Å². The molecule has 0 radical (unpaired) electrons. The second-order valence-corrected chi connectivity index (χ2v) is 4.91. The van der Waals surface area contributed by atoms with Crippen molar-refractivity contribution in [3.63, 3.8) is 0 Å². The third-order valence-corrected chi connectivity index (χ3v) is 3.44. The molecular weight excluding hydrogens is 274 g/mol. The Balaban J connectivity index is 1.99. The van der Waals surface area contributed by atoms with Gasteiger partial charge in [0, 0.05) is 12.2 Å². The molecule has 1 aromatic carbocycles. The largest absolute Gasteiger partial charge is 0.497 e. The highest BCUT2D eigenvalue weighted by Crippen LogP contribution is 2.21. The molecule has 106 valence electrons. The molecule has 0 fully saturated rings. The van der Waals surface area contributed by atoms with Crippen molar-refractivity contribution in [2.45, 2.75) is 18.9 Å². The van der Waals surface area contributed by atoms with E-state index in [9.17, 15) is 0 Å². The van der Waals surface area contributed by atoms with E-state index in [-0.39, 0.29) is 6.04 Å². The van der Waals surface area contributed by atoms with E-state index >= 15 is 0 Å². The summed E-state index contributed by atoms with van der Waals surface area (Å²) < 4.78 is 5.14. The molecule has 1 aromatic heterocycles. The number of nitrogens with two attached hydrogens (primary N) is 1. The van der Waals surface area contributed by atoms with Crippen LogP contribution in [0, 0.1) is 0 Å². The molecule has 1 unspecified atom stereocenters. The Labute approximate surface area is 123 Å². The fourth-order valence-electron chi connectivity index (χ4n) is 2.08. The van der Waals surface area contributed by atoms with Gasteiger partial charge in [-0.05, 0) is 48.2 Å². The number of nitrogens with zero attached hydrogens (tertiary/aromatic N) is 1. The van der Waals surface area contributed by atoms with Gasteiger partial charge in [-0.3, -0.25) is 11.3 Å². The zero-order valence-corrected chi connectivity index (χ0v) is 12.1. The maximum atomic E-state index is 5.90. The number of aryl methyl sites for hydroxylation is 1. The third-order valence-electron chi connectivity index (χ3n) is 3.23. The van der Waals surface area contributed by atoms with E-state index in [1.165, 1.54) is 5.56 Å². The van der Waals surface area contributed by atoms with Crippen LogP contribution in [0.25, 0.3) is 0 Å². The molecule has 20 heavy (non-hydrogen) atoms. The van der Waals surface area contributed by atoms with Crippen LogP contribution in [-0.4, -0.2) is 12.1 Å². The molecule has 1 atom stereocenters. The van der Waals surface area contributed by atoms with Crippen LogP contribution in [0.3, 0.4) is 0 Å². The number of ether oxygens (including phenoxy) is 1. The first-order valence-corrected chi connectivity index (χ1v) is 6.81. The summed E-state index contributed by atoms with van der Waals surface area (Å²) in [6.07, 6.45) is 3.48. The quantitative estimate of drug-likeness (QED) is 0.488. The topological polar surface area (TPSA) is 60.2 Å². The number of hydrogen-bond donors (Lipinski definition) is 2. The van der Waals surface area contributed by atoms with Crippen LogP contribution < -0.4 is 16.0 Å². The molecule has 0 saturated heterocycles. The Bertz CT molecular complexity index is 545. The van der Waals surface area contributed by atoms with Crippen LogP contribution in [0.5, 0.6) is 5.75 Å². The van der Waals surface area contributed by atoms with Crippen LogP contribution in [-0.2, 0) is 6.42 Å². The van der Waals surface area contributed by atoms with Gasteiger partial charge in [0.05, 0.1) is 7.11 Å². The van der Waals surface area contributed by atoms with Gasteiger partial charge in [0.2, 0.25) is 0 Å². The fraction of sp³-hybridized carbons (Fsp3) is 0.267. The van der Waals surface area contributed by atoms with E-state index in [2.05, 4.69) is 22.5 Å². The summed E-state index contributed by atoms with van der Waals surface area (Å²) in [4.78, 5) is 3.98. The Hall–Kier alpha value is -1.62. The highest BCUT2D eigenvalue weighted by atomic mass is 35.5. The Morgan fingerprint density at radius 1 is 1.30 bits per heavy atom. The lowest BCUT2D eigenvalue weighted by molar-refractivity contribution is 0.414. The number of benzene rings is 1.